The van der Waals surface area contributed by atoms with Crippen LogP contribution in [0.25, 0.3) is 0 Å². The maximum Gasteiger partial charge on any atom is 0.255 e. The van der Waals surface area contributed by atoms with Crippen molar-refractivity contribution < 1.29 is 19.1 Å². The topological polar surface area (TPSA) is 94.5 Å². The summed E-state index contributed by atoms with van der Waals surface area (Å²) in [5.74, 6) is 1.08. The van der Waals surface area contributed by atoms with Crippen LogP contribution in [-0.2, 0) is 11.8 Å². The fourth-order valence-corrected chi connectivity index (χ4v) is 3.18. The Morgan fingerprint density at radius 1 is 1.16 bits per heavy atom. The summed E-state index contributed by atoms with van der Waals surface area (Å²) >= 11 is 0. The SMILES string of the molecule is CCOc1ccccc1C(=O)NCC(=O)NC(c1cccc(OC)c1)c1nccn1C. The summed E-state index contributed by atoms with van der Waals surface area (Å²) in [6.45, 7) is 2.10. The molecular weight excluding hydrogens is 396 g/mol. The van der Waals surface area contributed by atoms with Crippen molar-refractivity contribution in [3.8, 4) is 11.5 Å². The number of imidazole rings is 1. The molecule has 2 amide bonds. The summed E-state index contributed by atoms with van der Waals surface area (Å²) < 4.78 is 12.6. The molecule has 0 aliphatic heterocycles. The van der Waals surface area contributed by atoms with E-state index in [1.165, 1.54) is 0 Å². The van der Waals surface area contributed by atoms with Gasteiger partial charge in [0.15, 0.2) is 0 Å². The van der Waals surface area contributed by atoms with E-state index in [1.807, 2.05) is 42.8 Å². The molecule has 2 aromatic carbocycles. The summed E-state index contributed by atoms with van der Waals surface area (Å²) in [7, 11) is 3.44. The Bertz CT molecular complexity index is 1050. The number of nitrogens with one attached hydrogen (secondary N) is 2. The number of methoxy groups -OCH3 is 1. The van der Waals surface area contributed by atoms with Crippen LogP contribution in [-0.4, -0.2) is 41.6 Å². The lowest BCUT2D eigenvalue weighted by Gasteiger charge is -2.20. The van der Waals surface area contributed by atoms with Gasteiger partial charge < -0.3 is 24.7 Å². The standard InChI is InChI=1S/C23H26N4O4/c1-4-31-19-11-6-5-10-18(19)23(29)25-15-20(28)26-21(22-24-12-13-27(22)2)16-8-7-9-17(14-16)30-3/h5-14,21H,4,15H2,1-3H3,(H,25,29)(H,26,28). The maximum atomic E-state index is 12.7. The highest BCUT2D eigenvalue weighted by Crippen LogP contribution is 2.24. The van der Waals surface area contributed by atoms with Gasteiger partial charge in [-0.1, -0.05) is 24.3 Å². The minimum atomic E-state index is -0.504. The van der Waals surface area contributed by atoms with Crippen molar-refractivity contribution >= 4 is 11.8 Å². The first-order valence-electron chi connectivity index (χ1n) is 9.94. The first kappa shape index (κ1) is 21.9. The molecule has 0 aliphatic carbocycles. The number of hydrogen-bond acceptors (Lipinski definition) is 5. The maximum absolute atomic E-state index is 12.7. The van der Waals surface area contributed by atoms with Gasteiger partial charge in [0.1, 0.15) is 23.4 Å². The highest BCUT2D eigenvalue weighted by Gasteiger charge is 2.22. The number of benzene rings is 2. The number of aryl methyl sites for hydroxylation is 1. The molecule has 0 aliphatic rings. The van der Waals surface area contributed by atoms with Gasteiger partial charge in [-0.3, -0.25) is 9.59 Å². The number of para-hydroxylation sites is 1. The van der Waals surface area contributed by atoms with E-state index in [2.05, 4.69) is 15.6 Å². The lowest BCUT2D eigenvalue weighted by atomic mass is 10.1. The molecule has 3 aromatic rings. The van der Waals surface area contributed by atoms with E-state index in [0.29, 0.717) is 29.5 Å². The average Bonchev–Trinajstić information content (AvgIpc) is 3.22. The van der Waals surface area contributed by atoms with Crippen molar-refractivity contribution in [1.82, 2.24) is 20.2 Å². The third kappa shape index (κ3) is 5.42. The number of aromatic nitrogens is 2. The van der Waals surface area contributed by atoms with Crippen LogP contribution < -0.4 is 20.1 Å². The van der Waals surface area contributed by atoms with Gasteiger partial charge >= 0.3 is 0 Å². The minimum Gasteiger partial charge on any atom is -0.497 e. The molecule has 8 heteroatoms. The van der Waals surface area contributed by atoms with E-state index < -0.39 is 6.04 Å². The molecule has 31 heavy (non-hydrogen) atoms. The third-order valence-electron chi connectivity index (χ3n) is 4.69. The van der Waals surface area contributed by atoms with Crippen LogP contribution in [0.1, 0.15) is 34.7 Å². The lowest BCUT2D eigenvalue weighted by Crippen LogP contribution is -2.39. The highest BCUT2D eigenvalue weighted by atomic mass is 16.5. The van der Waals surface area contributed by atoms with Crippen molar-refractivity contribution in [3.63, 3.8) is 0 Å². The van der Waals surface area contributed by atoms with E-state index in [4.69, 9.17) is 9.47 Å². The zero-order chi connectivity index (χ0) is 22.2. The summed E-state index contributed by atoms with van der Waals surface area (Å²) in [6.07, 6.45) is 3.47. The van der Waals surface area contributed by atoms with Crippen molar-refractivity contribution in [2.75, 3.05) is 20.3 Å². The molecule has 1 heterocycles. The molecule has 162 valence electrons. The Balaban J connectivity index is 1.73. The molecule has 0 spiro atoms. The molecule has 0 saturated heterocycles. The summed E-state index contributed by atoms with van der Waals surface area (Å²) in [4.78, 5) is 29.7. The molecule has 3 rings (SSSR count). The van der Waals surface area contributed by atoms with Gasteiger partial charge in [-0.15, -0.1) is 0 Å². The van der Waals surface area contributed by atoms with E-state index in [0.717, 1.165) is 5.56 Å². The Hall–Kier alpha value is -3.81. The predicted octanol–water partition coefficient (Wildman–Crippen LogP) is 2.46. The van der Waals surface area contributed by atoms with Crippen LogP contribution in [0.15, 0.2) is 60.9 Å². The van der Waals surface area contributed by atoms with E-state index >= 15 is 0 Å². The van der Waals surface area contributed by atoms with Gasteiger partial charge in [0, 0.05) is 19.4 Å². The molecule has 2 N–H and O–H groups in total. The van der Waals surface area contributed by atoms with Crippen LogP contribution in [0.4, 0.5) is 0 Å². The highest BCUT2D eigenvalue weighted by molar-refractivity contribution is 5.98. The summed E-state index contributed by atoms with van der Waals surface area (Å²) in [6, 6.07) is 13.8. The predicted molar refractivity (Wildman–Crippen MR) is 116 cm³/mol. The Kier molecular flexibility index (Phi) is 7.26. The second-order valence-corrected chi connectivity index (χ2v) is 6.79. The van der Waals surface area contributed by atoms with Crippen LogP contribution in [0.2, 0.25) is 0 Å². The number of nitrogens with zero attached hydrogens (tertiary/aromatic N) is 2. The third-order valence-corrected chi connectivity index (χ3v) is 4.69. The van der Waals surface area contributed by atoms with Crippen molar-refractivity contribution in [2.45, 2.75) is 13.0 Å². The first-order chi connectivity index (χ1) is 15.0. The zero-order valence-corrected chi connectivity index (χ0v) is 17.8. The summed E-state index contributed by atoms with van der Waals surface area (Å²) in [5, 5.41) is 5.60. The van der Waals surface area contributed by atoms with Gasteiger partial charge in [-0.25, -0.2) is 4.98 Å². The molecule has 8 nitrogen and oxygen atoms in total. The van der Waals surface area contributed by atoms with Crippen LogP contribution in [0.5, 0.6) is 11.5 Å². The van der Waals surface area contributed by atoms with Gasteiger partial charge in [-0.2, -0.15) is 0 Å². The molecule has 1 atom stereocenters. The molecule has 0 saturated carbocycles. The quantitative estimate of drug-likeness (QED) is 0.552. The van der Waals surface area contributed by atoms with Crippen LogP contribution in [0.3, 0.4) is 0 Å². The second-order valence-electron chi connectivity index (χ2n) is 6.79. The summed E-state index contributed by atoms with van der Waals surface area (Å²) in [5.41, 5.74) is 1.20. The number of hydrogen-bond donors (Lipinski definition) is 2. The first-order valence-corrected chi connectivity index (χ1v) is 9.94. The van der Waals surface area contributed by atoms with Gasteiger partial charge in [0.2, 0.25) is 5.91 Å². The monoisotopic (exact) mass is 422 g/mol. The fourth-order valence-electron chi connectivity index (χ4n) is 3.18. The largest absolute Gasteiger partial charge is 0.497 e. The fraction of sp³-hybridized carbons (Fsp3) is 0.261. The van der Waals surface area contributed by atoms with Gasteiger partial charge in [0.25, 0.3) is 5.91 Å². The number of amides is 2. The molecule has 1 aromatic heterocycles. The molecule has 0 bridgehead atoms. The van der Waals surface area contributed by atoms with E-state index in [-0.39, 0.29) is 18.4 Å². The molecule has 0 radical (unpaired) electrons. The van der Waals surface area contributed by atoms with Crippen LogP contribution >= 0.6 is 0 Å². The second kappa shape index (κ2) is 10.3. The average molecular weight is 422 g/mol. The van der Waals surface area contributed by atoms with E-state index in [1.54, 1.807) is 43.8 Å². The normalized spacial score (nSPS) is 11.5. The van der Waals surface area contributed by atoms with Gasteiger partial charge in [-0.05, 0) is 36.8 Å². The number of ether oxygens (including phenoxy) is 2. The molecule has 0 fully saturated rings. The zero-order valence-electron chi connectivity index (χ0n) is 17.8. The van der Waals surface area contributed by atoms with Crippen molar-refractivity contribution in [1.29, 1.82) is 0 Å². The van der Waals surface area contributed by atoms with Gasteiger partial charge in [0.05, 0.1) is 25.8 Å². The smallest absolute Gasteiger partial charge is 0.255 e. The Morgan fingerprint density at radius 2 is 1.97 bits per heavy atom. The van der Waals surface area contributed by atoms with Crippen LogP contribution in [0, 0.1) is 0 Å². The number of carbonyl (C=O) groups is 2. The molecule has 1 unspecified atom stereocenters. The van der Waals surface area contributed by atoms with Crippen molar-refractivity contribution in [3.05, 3.63) is 77.9 Å². The minimum absolute atomic E-state index is 0.190. The Labute approximate surface area is 181 Å². The van der Waals surface area contributed by atoms with E-state index in [9.17, 15) is 9.59 Å². The number of rotatable bonds is 9. The molecular formula is C23H26N4O4. The van der Waals surface area contributed by atoms with Crippen molar-refractivity contribution in [2.24, 2.45) is 7.05 Å². The Morgan fingerprint density at radius 3 is 2.68 bits per heavy atom. The number of carbonyl (C=O) groups excluding carboxylic acids is 2. The lowest BCUT2D eigenvalue weighted by molar-refractivity contribution is -0.120.